The van der Waals surface area contributed by atoms with Gasteiger partial charge in [-0.25, -0.2) is 4.39 Å². The van der Waals surface area contributed by atoms with Crippen molar-refractivity contribution in [3.05, 3.63) is 71.3 Å². The fraction of sp³-hybridized carbons (Fsp3) is 0.292. The number of hydrogen-bond acceptors (Lipinski definition) is 6. The summed E-state index contributed by atoms with van der Waals surface area (Å²) in [4.78, 5) is 36.8. The number of anilines is 1. The van der Waals surface area contributed by atoms with Crippen LogP contribution in [0, 0.1) is 5.82 Å². The van der Waals surface area contributed by atoms with Crippen LogP contribution in [0.25, 0.3) is 0 Å². The van der Waals surface area contributed by atoms with Gasteiger partial charge in [0.1, 0.15) is 5.82 Å². The summed E-state index contributed by atoms with van der Waals surface area (Å²) in [7, 11) is 0. The first-order chi connectivity index (χ1) is 16.3. The molecule has 0 aliphatic carbocycles. The topological polar surface area (TPSA) is 106 Å². The Morgan fingerprint density at radius 2 is 1.85 bits per heavy atom. The summed E-state index contributed by atoms with van der Waals surface area (Å²) in [6.45, 7) is 5.86. The van der Waals surface area contributed by atoms with E-state index in [1.165, 1.54) is 36.9 Å². The van der Waals surface area contributed by atoms with E-state index in [0.717, 1.165) is 0 Å². The number of benzene rings is 2. The van der Waals surface area contributed by atoms with Gasteiger partial charge in [-0.1, -0.05) is 43.0 Å². The number of nitrogens with zero attached hydrogens (tertiary/aromatic N) is 3. The summed E-state index contributed by atoms with van der Waals surface area (Å²) in [6.07, 6.45) is 0.541. The van der Waals surface area contributed by atoms with Gasteiger partial charge in [-0.2, -0.15) is 0 Å². The average molecular weight is 484 g/mol. The second-order valence-electron chi connectivity index (χ2n) is 7.45. The Labute approximate surface area is 201 Å². The summed E-state index contributed by atoms with van der Waals surface area (Å²) in [6, 6.07) is 12.5. The molecule has 178 valence electrons. The molecular weight excluding hydrogens is 457 g/mol. The van der Waals surface area contributed by atoms with E-state index in [4.69, 9.17) is 0 Å². The number of nitrogens with one attached hydrogen (secondary N) is 2. The molecule has 0 aliphatic heterocycles. The van der Waals surface area contributed by atoms with Crippen molar-refractivity contribution < 1.29 is 18.8 Å². The van der Waals surface area contributed by atoms with E-state index < -0.39 is 17.0 Å². The van der Waals surface area contributed by atoms with Gasteiger partial charge in [0.05, 0.1) is 17.4 Å². The number of aromatic nitrogens is 3. The summed E-state index contributed by atoms with van der Waals surface area (Å²) in [5, 5.41) is 14.0. The highest BCUT2D eigenvalue weighted by molar-refractivity contribution is 8.00. The summed E-state index contributed by atoms with van der Waals surface area (Å²) < 4.78 is 15.6. The number of amides is 2. The fourth-order valence-electron chi connectivity index (χ4n) is 3.24. The number of carbonyl (C=O) groups is 3. The van der Waals surface area contributed by atoms with Gasteiger partial charge < -0.3 is 15.2 Å². The predicted molar refractivity (Wildman–Crippen MR) is 128 cm³/mol. The van der Waals surface area contributed by atoms with Gasteiger partial charge in [0, 0.05) is 17.8 Å². The Bertz CT molecular complexity index is 1200. The van der Waals surface area contributed by atoms with Gasteiger partial charge in [0.2, 0.25) is 5.91 Å². The van der Waals surface area contributed by atoms with Crippen LogP contribution in [-0.2, 0) is 17.9 Å². The third-order valence-electron chi connectivity index (χ3n) is 5.08. The molecule has 0 unspecified atom stereocenters. The number of rotatable bonds is 10. The maximum Gasteiger partial charge on any atom is 0.254 e. The van der Waals surface area contributed by atoms with Crippen molar-refractivity contribution in [2.75, 3.05) is 5.32 Å². The molecule has 0 saturated heterocycles. The minimum absolute atomic E-state index is 0.0452. The molecule has 2 aromatic carbocycles. The second kappa shape index (κ2) is 11.6. The second-order valence-corrected chi connectivity index (χ2v) is 8.62. The zero-order valence-corrected chi connectivity index (χ0v) is 20.0. The Morgan fingerprint density at radius 1 is 1.09 bits per heavy atom. The highest BCUT2D eigenvalue weighted by atomic mass is 32.2. The molecular formula is C24H26FN5O3S. The highest BCUT2D eigenvalue weighted by Gasteiger charge is 2.23. The lowest BCUT2D eigenvalue weighted by molar-refractivity contribution is -0.115. The van der Waals surface area contributed by atoms with Crippen molar-refractivity contribution in [2.45, 2.75) is 50.7 Å². The number of hydrogen-bond donors (Lipinski definition) is 2. The molecule has 2 N–H and O–H groups in total. The van der Waals surface area contributed by atoms with Gasteiger partial charge >= 0.3 is 0 Å². The van der Waals surface area contributed by atoms with Gasteiger partial charge in [-0.3, -0.25) is 14.4 Å². The molecule has 0 saturated carbocycles. The largest absolute Gasteiger partial charge is 0.345 e. The molecule has 0 radical (unpaired) electrons. The van der Waals surface area contributed by atoms with Crippen LogP contribution >= 0.6 is 11.8 Å². The third kappa shape index (κ3) is 6.07. The average Bonchev–Trinajstić information content (AvgIpc) is 3.22. The van der Waals surface area contributed by atoms with Crippen LogP contribution in [0.4, 0.5) is 10.1 Å². The van der Waals surface area contributed by atoms with Crippen LogP contribution in [-0.4, -0.2) is 37.6 Å². The SMILES string of the molecule is CC[C@@H](Sc1nnc(CNC(=O)c2ccccc2F)n1CC)C(=O)Nc1cccc(C(C)=O)c1. The van der Waals surface area contributed by atoms with Gasteiger partial charge in [-0.05, 0) is 44.5 Å². The molecule has 3 aromatic rings. The van der Waals surface area contributed by atoms with Crippen molar-refractivity contribution >= 4 is 35.0 Å². The number of Topliss-reactive ketones (excluding diaryl/α,β-unsaturated/α-hetero) is 1. The van der Waals surface area contributed by atoms with Gasteiger partial charge in [-0.15, -0.1) is 10.2 Å². The predicted octanol–water partition coefficient (Wildman–Crippen LogP) is 4.08. The molecule has 1 atom stereocenters. The molecule has 3 rings (SSSR count). The Balaban J connectivity index is 1.67. The smallest absolute Gasteiger partial charge is 0.254 e. The van der Waals surface area contributed by atoms with E-state index in [1.807, 2.05) is 13.8 Å². The summed E-state index contributed by atoms with van der Waals surface area (Å²) in [5.41, 5.74) is 1.02. The molecule has 2 amide bonds. The number of thioether (sulfide) groups is 1. The van der Waals surface area contributed by atoms with Gasteiger partial charge in [0.25, 0.3) is 5.91 Å². The zero-order chi connectivity index (χ0) is 24.7. The molecule has 10 heteroatoms. The molecule has 8 nitrogen and oxygen atoms in total. The lowest BCUT2D eigenvalue weighted by Crippen LogP contribution is -2.26. The Morgan fingerprint density at radius 3 is 2.53 bits per heavy atom. The van der Waals surface area contributed by atoms with Crippen LogP contribution < -0.4 is 10.6 Å². The molecule has 0 aliphatic rings. The maximum atomic E-state index is 13.8. The molecule has 0 spiro atoms. The quantitative estimate of drug-likeness (QED) is 0.333. The van der Waals surface area contributed by atoms with E-state index in [-0.39, 0.29) is 23.8 Å². The monoisotopic (exact) mass is 483 g/mol. The maximum absolute atomic E-state index is 13.8. The van der Waals surface area contributed by atoms with Crippen molar-refractivity contribution in [3.8, 4) is 0 Å². The van der Waals surface area contributed by atoms with E-state index in [1.54, 1.807) is 34.9 Å². The first-order valence-electron chi connectivity index (χ1n) is 10.9. The van der Waals surface area contributed by atoms with Crippen molar-refractivity contribution in [3.63, 3.8) is 0 Å². The molecule has 34 heavy (non-hydrogen) atoms. The molecule has 0 bridgehead atoms. The molecule has 1 heterocycles. The minimum atomic E-state index is -0.598. The van der Waals surface area contributed by atoms with Crippen LogP contribution in [0.3, 0.4) is 0 Å². The highest BCUT2D eigenvalue weighted by Crippen LogP contribution is 2.26. The van der Waals surface area contributed by atoms with E-state index in [0.29, 0.717) is 35.2 Å². The summed E-state index contributed by atoms with van der Waals surface area (Å²) in [5.74, 6) is -0.939. The fourth-order valence-corrected chi connectivity index (χ4v) is 4.28. The standard InChI is InChI=1S/C24H26FN5O3S/c1-4-20(23(33)27-17-10-8-9-16(13-17)15(3)31)34-24-29-28-21(30(24)5-2)14-26-22(32)18-11-6-7-12-19(18)25/h6-13,20H,4-5,14H2,1-3H3,(H,26,32)(H,27,33)/t20-/m1/s1. The van der Waals surface area contributed by atoms with Crippen LogP contribution in [0.1, 0.15) is 53.7 Å². The summed E-state index contributed by atoms with van der Waals surface area (Å²) >= 11 is 1.27. The molecule has 1 aromatic heterocycles. The van der Waals surface area contributed by atoms with Gasteiger partial charge in [0.15, 0.2) is 16.8 Å². The van der Waals surface area contributed by atoms with E-state index in [2.05, 4.69) is 20.8 Å². The Kier molecular flexibility index (Phi) is 8.53. The van der Waals surface area contributed by atoms with E-state index >= 15 is 0 Å². The van der Waals surface area contributed by atoms with Crippen LogP contribution in [0.2, 0.25) is 0 Å². The normalized spacial score (nSPS) is 11.6. The number of ketones is 1. The molecule has 0 fully saturated rings. The Hall–Kier alpha value is -3.53. The van der Waals surface area contributed by atoms with Crippen molar-refractivity contribution in [1.82, 2.24) is 20.1 Å². The lowest BCUT2D eigenvalue weighted by Gasteiger charge is -2.15. The first kappa shape index (κ1) is 25.1. The minimum Gasteiger partial charge on any atom is -0.345 e. The third-order valence-corrected chi connectivity index (χ3v) is 6.43. The number of halogens is 1. The first-order valence-corrected chi connectivity index (χ1v) is 11.7. The van der Waals surface area contributed by atoms with Crippen LogP contribution in [0.15, 0.2) is 53.7 Å². The van der Waals surface area contributed by atoms with Crippen molar-refractivity contribution in [2.24, 2.45) is 0 Å². The lowest BCUT2D eigenvalue weighted by atomic mass is 10.1. The zero-order valence-electron chi connectivity index (χ0n) is 19.2. The number of carbonyl (C=O) groups excluding carboxylic acids is 3. The van der Waals surface area contributed by atoms with Crippen LogP contribution in [0.5, 0.6) is 0 Å². The van der Waals surface area contributed by atoms with Crippen molar-refractivity contribution in [1.29, 1.82) is 0 Å². The van der Waals surface area contributed by atoms with E-state index in [9.17, 15) is 18.8 Å².